The van der Waals surface area contributed by atoms with E-state index in [-0.39, 0.29) is 27.2 Å². The van der Waals surface area contributed by atoms with Crippen LogP contribution in [0, 0.1) is 10.1 Å². The molecule has 0 radical (unpaired) electrons. The number of nitro benzene ring substituents is 1. The summed E-state index contributed by atoms with van der Waals surface area (Å²) in [7, 11) is -3.59. The Balaban J connectivity index is 2.30. The number of nitro groups is 1. The van der Waals surface area contributed by atoms with E-state index >= 15 is 0 Å². The van der Waals surface area contributed by atoms with Gasteiger partial charge in [0.1, 0.15) is 5.02 Å². The highest BCUT2D eigenvalue weighted by Crippen LogP contribution is 2.45. The minimum atomic E-state index is -3.59. The van der Waals surface area contributed by atoms with Crippen molar-refractivity contribution in [1.29, 1.82) is 0 Å². The molecule has 0 amide bonds. The molecule has 1 unspecified atom stereocenters. The largest absolute Gasteiger partial charge is 0.361 e. The molecule has 0 aromatic heterocycles. The lowest BCUT2D eigenvalue weighted by atomic mass is 9.83. The van der Waals surface area contributed by atoms with Crippen molar-refractivity contribution in [3.05, 3.63) is 60.8 Å². The van der Waals surface area contributed by atoms with Crippen LogP contribution in [-0.2, 0) is 14.6 Å². The van der Waals surface area contributed by atoms with Gasteiger partial charge < -0.3 is 5.32 Å². The second kappa shape index (κ2) is 6.51. The number of nitrogens with zero attached hydrogens (tertiary/aromatic N) is 1. The van der Waals surface area contributed by atoms with Crippen LogP contribution in [0.15, 0.2) is 40.1 Å². The Kier molecular flexibility index (Phi) is 4.66. The van der Waals surface area contributed by atoms with Gasteiger partial charge in [-0.25, -0.2) is 8.42 Å². The van der Waals surface area contributed by atoms with Crippen molar-refractivity contribution in [1.82, 2.24) is 5.32 Å². The van der Waals surface area contributed by atoms with Gasteiger partial charge in [-0.05, 0) is 38.3 Å². The van der Waals surface area contributed by atoms with Gasteiger partial charge >= 0.3 is 0 Å². The van der Waals surface area contributed by atoms with Crippen LogP contribution in [0.3, 0.4) is 0 Å². The maximum atomic E-state index is 12.8. The lowest BCUT2D eigenvalue weighted by Gasteiger charge is -2.34. The van der Waals surface area contributed by atoms with Crippen molar-refractivity contribution in [2.75, 3.05) is 5.75 Å². The molecule has 0 aliphatic carbocycles. The Hall–Kier alpha value is -2.19. The van der Waals surface area contributed by atoms with Crippen LogP contribution in [-0.4, -0.2) is 24.9 Å². The first-order valence-corrected chi connectivity index (χ1v) is 10.0. The van der Waals surface area contributed by atoms with E-state index in [0.29, 0.717) is 35.4 Å². The second-order valence-corrected chi connectivity index (χ2v) is 8.87. The van der Waals surface area contributed by atoms with Crippen LogP contribution < -0.4 is 5.32 Å². The number of sulfone groups is 1. The number of hydrogen-bond donors (Lipinski definition) is 1. The molecule has 1 aromatic carbocycles. The van der Waals surface area contributed by atoms with Crippen LogP contribution in [0.4, 0.5) is 5.69 Å². The summed E-state index contributed by atoms with van der Waals surface area (Å²) in [5, 5.41) is 14.3. The van der Waals surface area contributed by atoms with Crippen molar-refractivity contribution in [2.45, 2.75) is 32.6 Å². The van der Waals surface area contributed by atoms with E-state index < -0.39 is 20.7 Å². The number of halogens is 1. The molecule has 2 aliphatic rings. The minimum absolute atomic E-state index is 0.00999. The zero-order chi connectivity index (χ0) is 19.2. The zero-order valence-corrected chi connectivity index (χ0v) is 15.8. The lowest BCUT2D eigenvalue weighted by molar-refractivity contribution is -0.384. The first-order valence-electron chi connectivity index (χ1n) is 8.02. The number of rotatable bonds is 3. The number of hydrogen-bond acceptors (Lipinski definition) is 6. The van der Waals surface area contributed by atoms with Gasteiger partial charge in [-0.15, -0.1) is 0 Å². The Labute approximate surface area is 155 Å². The molecule has 7 nitrogen and oxygen atoms in total. The summed E-state index contributed by atoms with van der Waals surface area (Å²) < 4.78 is 25.5. The fourth-order valence-electron chi connectivity index (χ4n) is 3.61. The Bertz CT molecular complexity index is 994. The van der Waals surface area contributed by atoms with Gasteiger partial charge in [-0.2, -0.15) is 0 Å². The molecule has 1 aromatic rings. The van der Waals surface area contributed by atoms with Crippen molar-refractivity contribution < 1.29 is 18.1 Å². The molecular weight excluding hydrogens is 380 g/mol. The molecule has 2 heterocycles. The molecule has 0 saturated carbocycles. The number of nitrogens with one attached hydrogen (secondary N) is 1. The van der Waals surface area contributed by atoms with E-state index in [1.807, 2.05) is 0 Å². The SMILES string of the molecule is CC(=O)C1=C(C)NC2=C(C1c1ccc(Cl)c([N+](=O)[O-])c1)S(=O)(=O)CCC2. The van der Waals surface area contributed by atoms with Gasteiger partial charge in [0.05, 0.1) is 21.5 Å². The quantitative estimate of drug-likeness (QED) is 0.621. The number of Topliss-reactive ketones (excluding diaryl/α,β-unsaturated/α-hetero) is 1. The summed E-state index contributed by atoms with van der Waals surface area (Å²) in [6, 6.07) is 4.15. The van der Waals surface area contributed by atoms with E-state index in [2.05, 4.69) is 5.32 Å². The standard InChI is InChI=1S/C17H17ClN2O5S/c1-9-15(10(2)21)16(11-5-6-12(18)14(8-11)20(22)23)17-13(19-9)4-3-7-26(17,24)25/h5-6,8,16,19H,3-4,7H2,1-2H3. The summed E-state index contributed by atoms with van der Waals surface area (Å²) in [5.74, 6) is -1.17. The minimum Gasteiger partial charge on any atom is -0.361 e. The number of carbonyl (C=O) groups is 1. The zero-order valence-electron chi connectivity index (χ0n) is 14.2. The van der Waals surface area contributed by atoms with Gasteiger partial charge in [0.15, 0.2) is 15.6 Å². The lowest BCUT2D eigenvalue weighted by Crippen LogP contribution is -2.34. The highest BCUT2D eigenvalue weighted by Gasteiger charge is 2.41. The molecule has 3 rings (SSSR count). The van der Waals surface area contributed by atoms with Crippen molar-refractivity contribution in [3.8, 4) is 0 Å². The molecule has 1 N–H and O–H groups in total. The number of carbonyl (C=O) groups excluding carboxylic acids is 1. The van der Waals surface area contributed by atoms with Gasteiger partial charge in [0.2, 0.25) is 0 Å². The van der Waals surface area contributed by atoms with Crippen LogP contribution in [0.25, 0.3) is 0 Å². The van der Waals surface area contributed by atoms with Crippen LogP contribution in [0.2, 0.25) is 5.02 Å². The fourth-order valence-corrected chi connectivity index (χ4v) is 5.69. The Morgan fingerprint density at radius 2 is 2.08 bits per heavy atom. The van der Waals surface area contributed by atoms with Crippen molar-refractivity contribution >= 4 is 32.9 Å². The molecular formula is C17H17ClN2O5S. The predicted octanol–water partition coefficient (Wildman–Crippen LogP) is 3.22. The molecule has 0 fully saturated rings. The third-order valence-corrected chi connectivity index (χ3v) is 6.94. The number of benzene rings is 1. The second-order valence-electron chi connectivity index (χ2n) is 6.39. The summed E-state index contributed by atoms with van der Waals surface area (Å²) in [6.07, 6.45) is 1.04. The maximum absolute atomic E-state index is 12.8. The highest BCUT2D eigenvalue weighted by atomic mass is 35.5. The number of dihydropyridines is 1. The number of allylic oxidation sites excluding steroid dienone is 4. The summed E-state index contributed by atoms with van der Waals surface area (Å²) in [4.78, 5) is 23.0. The van der Waals surface area contributed by atoms with E-state index in [0.717, 1.165) is 0 Å². The first kappa shape index (κ1) is 18.6. The van der Waals surface area contributed by atoms with Gasteiger partial charge in [0, 0.05) is 23.0 Å². The number of ketones is 1. The summed E-state index contributed by atoms with van der Waals surface area (Å²) >= 11 is 5.89. The smallest absolute Gasteiger partial charge is 0.288 e. The normalized spacial score (nSPS) is 21.9. The van der Waals surface area contributed by atoms with E-state index in [4.69, 9.17) is 11.6 Å². The van der Waals surface area contributed by atoms with Crippen LogP contribution in [0.1, 0.15) is 38.2 Å². The van der Waals surface area contributed by atoms with Gasteiger partial charge in [-0.1, -0.05) is 17.7 Å². The van der Waals surface area contributed by atoms with E-state index in [1.54, 1.807) is 6.92 Å². The summed E-state index contributed by atoms with van der Waals surface area (Å²) in [5.41, 5.74) is 1.46. The highest BCUT2D eigenvalue weighted by molar-refractivity contribution is 7.95. The predicted molar refractivity (Wildman–Crippen MR) is 97.4 cm³/mol. The Morgan fingerprint density at radius 3 is 2.69 bits per heavy atom. The fraction of sp³-hybridized carbons (Fsp3) is 0.353. The third kappa shape index (κ3) is 3.03. The molecule has 138 valence electrons. The van der Waals surface area contributed by atoms with Crippen molar-refractivity contribution in [3.63, 3.8) is 0 Å². The molecule has 0 saturated heterocycles. The van der Waals surface area contributed by atoms with Crippen LogP contribution in [0.5, 0.6) is 0 Å². The Morgan fingerprint density at radius 1 is 1.38 bits per heavy atom. The maximum Gasteiger partial charge on any atom is 0.288 e. The summed E-state index contributed by atoms with van der Waals surface area (Å²) in [6.45, 7) is 3.07. The topological polar surface area (TPSA) is 106 Å². The molecule has 1 atom stereocenters. The van der Waals surface area contributed by atoms with E-state index in [9.17, 15) is 23.3 Å². The van der Waals surface area contributed by atoms with Crippen LogP contribution >= 0.6 is 11.6 Å². The van der Waals surface area contributed by atoms with Gasteiger partial charge in [-0.3, -0.25) is 14.9 Å². The molecule has 0 spiro atoms. The monoisotopic (exact) mass is 396 g/mol. The molecule has 9 heteroatoms. The van der Waals surface area contributed by atoms with Crippen molar-refractivity contribution in [2.24, 2.45) is 0 Å². The molecule has 0 bridgehead atoms. The molecule has 2 aliphatic heterocycles. The van der Waals surface area contributed by atoms with Gasteiger partial charge in [0.25, 0.3) is 5.69 Å². The average molecular weight is 397 g/mol. The van der Waals surface area contributed by atoms with E-state index in [1.165, 1.54) is 25.1 Å². The third-order valence-electron chi connectivity index (χ3n) is 4.65. The average Bonchev–Trinajstić information content (AvgIpc) is 2.53. The molecule has 26 heavy (non-hydrogen) atoms. The first-order chi connectivity index (χ1) is 12.1.